The van der Waals surface area contributed by atoms with Crippen molar-refractivity contribution in [1.82, 2.24) is 21.3 Å². The highest BCUT2D eigenvalue weighted by Gasteiger charge is 2.47. The number of hydrogen-bond donors (Lipinski definition) is 6. The molecule has 30 heavy (non-hydrogen) atoms. The van der Waals surface area contributed by atoms with Crippen LogP contribution in [0, 0.1) is 0 Å². The van der Waals surface area contributed by atoms with Gasteiger partial charge in [-0.15, -0.1) is 0 Å². The van der Waals surface area contributed by atoms with Crippen molar-refractivity contribution in [3.63, 3.8) is 0 Å². The zero-order chi connectivity index (χ0) is 22.4. The highest BCUT2D eigenvalue weighted by molar-refractivity contribution is 5.97. The second-order valence-corrected chi connectivity index (χ2v) is 8.38. The number of carbonyl (C=O) groups is 4. The van der Waals surface area contributed by atoms with E-state index in [0.29, 0.717) is 50.9 Å². The van der Waals surface area contributed by atoms with Gasteiger partial charge in [0.05, 0.1) is 5.82 Å². The Hall–Kier alpha value is -2.78. The molecule has 0 spiro atoms. The zero-order valence-corrected chi connectivity index (χ0v) is 17.6. The van der Waals surface area contributed by atoms with Gasteiger partial charge in [-0.1, -0.05) is 19.4 Å². The minimum atomic E-state index is -1.07. The Morgan fingerprint density at radius 3 is 2.03 bits per heavy atom. The molecular formula is C20H34N6O4. The number of amides is 4. The molecule has 0 radical (unpaired) electrons. The molecule has 2 fully saturated rings. The van der Waals surface area contributed by atoms with Crippen molar-refractivity contribution in [3.8, 4) is 0 Å². The SMILES string of the molecule is C=C(N)NCCC[C@H](NC(=O)C1(NC(C)=O)CCC1)C(=O)NC1(C(N)=O)CCCC1. The van der Waals surface area contributed by atoms with Crippen molar-refractivity contribution < 1.29 is 19.2 Å². The highest BCUT2D eigenvalue weighted by atomic mass is 16.2. The lowest BCUT2D eigenvalue weighted by molar-refractivity contribution is -0.140. The molecule has 0 unspecified atom stereocenters. The monoisotopic (exact) mass is 422 g/mol. The molecule has 2 aliphatic carbocycles. The van der Waals surface area contributed by atoms with E-state index in [4.69, 9.17) is 11.5 Å². The van der Waals surface area contributed by atoms with Crippen LogP contribution in [0.2, 0.25) is 0 Å². The van der Waals surface area contributed by atoms with Gasteiger partial charge in [0.2, 0.25) is 23.6 Å². The quantitative estimate of drug-likeness (QED) is 0.239. The van der Waals surface area contributed by atoms with Crippen LogP contribution in [-0.4, -0.2) is 47.3 Å². The normalized spacial score (nSPS) is 19.6. The molecule has 0 aromatic carbocycles. The summed E-state index contributed by atoms with van der Waals surface area (Å²) in [5, 5.41) is 11.2. The first-order chi connectivity index (χ1) is 14.1. The van der Waals surface area contributed by atoms with Crippen molar-refractivity contribution in [2.45, 2.75) is 81.8 Å². The fourth-order valence-electron chi connectivity index (χ4n) is 4.13. The van der Waals surface area contributed by atoms with Gasteiger partial charge in [-0.05, 0) is 44.9 Å². The second-order valence-electron chi connectivity index (χ2n) is 8.38. The van der Waals surface area contributed by atoms with Crippen LogP contribution in [0.25, 0.3) is 0 Å². The van der Waals surface area contributed by atoms with E-state index < -0.39 is 28.9 Å². The lowest BCUT2D eigenvalue weighted by Crippen LogP contribution is -2.66. The Kier molecular flexibility index (Phi) is 7.69. The number of rotatable bonds is 11. The third kappa shape index (κ3) is 5.64. The molecule has 4 amide bonds. The predicted octanol–water partition coefficient (Wildman–Crippen LogP) is -0.756. The summed E-state index contributed by atoms with van der Waals surface area (Å²) in [7, 11) is 0. The van der Waals surface area contributed by atoms with Gasteiger partial charge < -0.3 is 32.7 Å². The Balaban J connectivity index is 2.09. The summed E-state index contributed by atoms with van der Waals surface area (Å²) >= 11 is 0. The van der Waals surface area contributed by atoms with Gasteiger partial charge in [0.1, 0.15) is 17.1 Å². The van der Waals surface area contributed by atoms with Crippen molar-refractivity contribution >= 4 is 23.6 Å². The van der Waals surface area contributed by atoms with E-state index in [0.717, 1.165) is 19.3 Å². The zero-order valence-electron chi connectivity index (χ0n) is 17.6. The Morgan fingerprint density at radius 2 is 1.57 bits per heavy atom. The smallest absolute Gasteiger partial charge is 0.246 e. The van der Waals surface area contributed by atoms with Crippen LogP contribution < -0.4 is 32.7 Å². The predicted molar refractivity (Wildman–Crippen MR) is 111 cm³/mol. The molecule has 0 aromatic rings. The lowest BCUT2D eigenvalue weighted by atomic mass is 9.75. The van der Waals surface area contributed by atoms with Crippen molar-refractivity contribution in [2.75, 3.05) is 6.54 Å². The third-order valence-corrected chi connectivity index (χ3v) is 5.99. The van der Waals surface area contributed by atoms with Crippen LogP contribution in [0.1, 0.15) is 64.7 Å². The molecule has 10 nitrogen and oxygen atoms in total. The topological polar surface area (TPSA) is 168 Å². The number of primary amides is 1. The molecule has 1 atom stereocenters. The Labute approximate surface area is 176 Å². The summed E-state index contributed by atoms with van der Waals surface area (Å²) < 4.78 is 0. The number of hydrogen-bond acceptors (Lipinski definition) is 6. The van der Waals surface area contributed by atoms with E-state index in [1.165, 1.54) is 6.92 Å². The summed E-state index contributed by atoms with van der Waals surface area (Å²) in [6.07, 6.45) is 5.28. The van der Waals surface area contributed by atoms with Gasteiger partial charge in [-0.2, -0.15) is 0 Å². The van der Waals surface area contributed by atoms with Crippen LogP contribution in [-0.2, 0) is 19.2 Å². The van der Waals surface area contributed by atoms with Gasteiger partial charge >= 0.3 is 0 Å². The molecule has 0 saturated heterocycles. The average Bonchev–Trinajstić information content (AvgIpc) is 3.10. The molecule has 2 saturated carbocycles. The molecule has 2 aliphatic rings. The molecule has 0 aromatic heterocycles. The molecule has 8 N–H and O–H groups in total. The van der Waals surface area contributed by atoms with Gasteiger partial charge in [-0.3, -0.25) is 19.2 Å². The van der Waals surface area contributed by atoms with Gasteiger partial charge in [0, 0.05) is 13.5 Å². The maximum atomic E-state index is 13.0. The first-order valence-corrected chi connectivity index (χ1v) is 10.5. The van der Waals surface area contributed by atoms with Crippen LogP contribution in [0.15, 0.2) is 12.4 Å². The van der Waals surface area contributed by atoms with E-state index in [1.807, 2.05) is 0 Å². The van der Waals surface area contributed by atoms with Gasteiger partial charge in [-0.25, -0.2) is 0 Å². The highest BCUT2D eigenvalue weighted by Crippen LogP contribution is 2.32. The van der Waals surface area contributed by atoms with E-state index in [2.05, 4.69) is 27.8 Å². The van der Waals surface area contributed by atoms with Crippen molar-refractivity contribution in [1.29, 1.82) is 0 Å². The lowest BCUT2D eigenvalue weighted by Gasteiger charge is -2.41. The first-order valence-electron chi connectivity index (χ1n) is 10.5. The van der Waals surface area contributed by atoms with Gasteiger partial charge in [0.15, 0.2) is 0 Å². The van der Waals surface area contributed by atoms with Crippen LogP contribution in [0.3, 0.4) is 0 Å². The fourth-order valence-corrected chi connectivity index (χ4v) is 4.13. The minimum Gasteiger partial charge on any atom is -0.386 e. The molecule has 0 bridgehead atoms. The van der Waals surface area contributed by atoms with Crippen molar-refractivity contribution in [2.24, 2.45) is 11.5 Å². The number of nitrogens with two attached hydrogens (primary N) is 2. The van der Waals surface area contributed by atoms with Gasteiger partial charge in [0.25, 0.3) is 0 Å². The van der Waals surface area contributed by atoms with Crippen LogP contribution in [0.4, 0.5) is 0 Å². The summed E-state index contributed by atoms with van der Waals surface area (Å²) in [4.78, 5) is 49.5. The maximum absolute atomic E-state index is 13.0. The minimum absolute atomic E-state index is 0.296. The molecular weight excluding hydrogens is 388 g/mol. The maximum Gasteiger partial charge on any atom is 0.246 e. The largest absolute Gasteiger partial charge is 0.386 e. The molecule has 0 aliphatic heterocycles. The number of carbonyl (C=O) groups excluding carboxylic acids is 4. The van der Waals surface area contributed by atoms with E-state index >= 15 is 0 Å². The first kappa shape index (κ1) is 23.5. The van der Waals surface area contributed by atoms with E-state index in [-0.39, 0.29) is 11.8 Å². The fraction of sp³-hybridized carbons (Fsp3) is 0.700. The third-order valence-electron chi connectivity index (χ3n) is 5.99. The molecule has 2 rings (SSSR count). The van der Waals surface area contributed by atoms with Crippen LogP contribution >= 0.6 is 0 Å². The Bertz CT molecular complexity index is 697. The van der Waals surface area contributed by atoms with Crippen LogP contribution in [0.5, 0.6) is 0 Å². The van der Waals surface area contributed by atoms with E-state index in [1.54, 1.807) is 0 Å². The molecule has 168 valence electrons. The standard InChI is InChI=1S/C20H34N6O4/c1-13(21)23-12-5-7-15(16(28)26-19(17(22)29)8-3-4-9-19)24-18(30)20(10-6-11-20)25-14(2)27/h15,23H,1,3-12,21H2,2H3,(H2,22,29)(H,24,30)(H,25,27)(H,26,28)/t15-/m0/s1. The summed E-state index contributed by atoms with van der Waals surface area (Å²) in [6.45, 7) is 5.40. The summed E-state index contributed by atoms with van der Waals surface area (Å²) in [6, 6.07) is -0.867. The molecule has 0 heterocycles. The van der Waals surface area contributed by atoms with E-state index in [9.17, 15) is 19.2 Å². The van der Waals surface area contributed by atoms with Crippen molar-refractivity contribution in [3.05, 3.63) is 12.4 Å². The number of nitrogens with one attached hydrogen (secondary N) is 4. The average molecular weight is 423 g/mol. The summed E-state index contributed by atoms with van der Waals surface area (Å²) in [5.41, 5.74) is 9.01. The Morgan fingerprint density at radius 1 is 0.967 bits per heavy atom. The second kappa shape index (κ2) is 9.82. The molecule has 10 heteroatoms. The summed E-state index contributed by atoms with van der Waals surface area (Å²) in [5.74, 6) is -1.38.